The van der Waals surface area contributed by atoms with Crippen molar-refractivity contribution in [2.75, 3.05) is 7.11 Å². The molecule has 2 N–H and O–H groups in total. The van der Waals surface area contributed by atoms with Crippen LogP contribution in [0, 0.1) is 0 Å². The van der Waals surface area contributed by atoms with E-state index in [1.807, 2.05) is 18.2 Å². The monoisotopic (exact) mass is 205 g/mol. The fourth-order valence-electron chi connectivity index (χ4n) is 1.46. The van der Waals surface area contributed by atoms with Gasteiger partial charge in [-0.3, -0.25) is 0 Å². The zero-order valence-corrected chi connectivity index (χ0v) is 8.77. The lowest BCUT2D eigenvalue weighted by Crippen LogP contribution is -2.45. The molecular weight excluding hydrogens is 190 g/mol. The molecule has 0 aliphatic rings. The molecule has 0 fully saturated rings. The van der Waals surface area contributed by atoms with Crippen LogP contribution in [0.1, 0.15) is 12.0 Å². The maximum atomic E-state index is 11.6. The summed E-state index contributed by atoms with van der Waals surface area (Å²) in [4.78, 5) is 11.6. The van der Waals surface area contributed by atoms with E-state index >= 15 is 0 Å². The van der Waals surface area contributed by atoms with Crippen LogP contribution in [0.25, 0.3) is 0 Å². The average molecular weight is 205 g/mol. The Bertz CT molecular complexity index is 348. The first kappa shape index (κ1) is 11.5. The highest BCUT2D eigenvalue weighted by molar-refractivity contribution is 5.82. The van der Waals surface area contributed by atoms with Crippen LogP contribution in [0.15, 0.2) is 43.0 Å². The van der Waals surface area contributed by atoms with Crippen LogP contribution in [0.2, 0.25) is 0 Å². The summed E-state index contributed by atoms with van der Waals surface area (Å²) in [5.41, 5.74) is 5.64. The van der Waals surface area contributed by atoms with E-state index in [9.17, 15) is 4.79 Å². The summed E-state index contributed by atoms with van der Waals surface area (Å²) in [6.45, 7) is 3.60. The van der Waals surface area contributed by atoms with Crippen molar-refractivity contribution in [3.05, 3.63) is 48.6 Å². The van der Waals surface area contributed by atoms with Gasteiger partial charge in [0, 0.05) is 0 Å². The second-order valence-corrected chi connectivity index (χ2v) is 3.32. The molecule has 0 saturated heterocycles. The number of nitrogens with two attached hydrogens (primary N) is 1. The Hall–Kier alpha value is -1.61. The molecule has 0 bridgehead atoms. The number of ether oxygens (including phenoxy) is 1. The maximum Gasteiger partial charge on any atom is 0.330 e. The molecule has 0 heterocycles. The molecule has 1 aromatic rings. The van der Waals surface area contributed by atoms with Gasteiger partial charge in [-0.1, -0.05) is 36.4 Å². The minimum Gasteiger partial charge on any atom is -0.467 e. The summed E-state index contributed by atoms with van der Waals surface area (Å²) >= 11 is 0. The Balaban J connectivity index is 3.12. The molecule has 3 nitrogen and oxygen atoms in total. The van der Waals surface area contributed by atoms with Gasteiger partial charge in [0.1, 0.15) is 5.54 Å². The predicted molar refractivity (Wildman–Crippen MR) is 59.1 cm³/mol. The zero-order chi connectivity index (χ0) is 11.3. The molecule has 0 radical (unpaired) electrons. The third-order valence-corrected chi connectivity index (χ3v) is 2.30. The molecule has 1 atom stereocenters. The van der Waals surface area contributed by atoms with Gasteiger partial charge in [0.05, 0.1) is 7.11 Å². The fourth-order valence-corrected chi connectivity index (χ4v) is 1.46. The SMILES string of the molecule is C=CCC(N)(C(=O)OC)c1ccccc1. The van der Waals surface area contributed by atoms with E-state index in [4.69, 9.17) is 10.5 Å². The summed E-state index contributed by atoms with van der Waals surface area (Å²) in [6.07, 6.45) is 1.97. The summed E-state index contributed by atoms with van der Waals surface area (Å²) in [6, 6.07) is 9.15. The lowest BCUT2D eigenvalue weighted by molar-refractivity contribution is -0.147. The summed E-state index contributed by atoms with van der Waals surface area (Å²) < 4.78 is 4.71. The second kappa shape index (κ2) is 4.75. The first-order valence-corrected chi connectivity index (χ1v) is 4.69. The topological polar surface area (TPSA) is 52.3 Å². The van der Waals surface area contributed by atoms with Crippen molar-refractivity contribution in [2.24, 2.45) is 5.73 Å². The second-order valence-electron chi connectivity index (χ2n) is 3.32. The predicted octanol–water partition coefficient (Wildman–Crippen LogP) is 1.59. The van der Waals surface area contributed by atoms with Gasteiger partial charge in [-0.2, -0.15) is 0 Å². The van der Waals surface area contributed by atoms with Gasteiger partial charge in [0.15, 0.2) is 0 Å². The van der Waals surface area contributed by atoms with Gasteiger partial charge < -0.3 is 10.5 Å². The first-order chi connectivity index (χ1) is 7.15. The van der Waals surface area contributed by atoms with Crippen molar-refractivity contribution in [1.82, 2.24) is 0 Å². The lowest BCUT2D eigenvalue weighted by Gasteiger charge is -2.25. The summed E-state index contributed by atoms with van der Waals surface area (Å²) in [5.74, 6) is -0.450. The molecule has 0 aliphatic heterocycles. The van der Waals surface area contributed by atoms with Crippen molar-refractivity contribution in [2.45, 2.75) is 12.0 Å². The molecule has 1 aromatic carbocycles. The molecule has 0 aromatic heterocycles. The summed E-state index contributed by atoms with van der Waals surface area (Å²) in [5, 5.41) is 0. The number of hydrogen-bond donors (Lipinski definition) is 1. The number of rotatable bonds is 4. The van der Waals surface area contributed by atoms with Gasteiger partial charge in [0.25, 0.3) is 0 Å². The van der Waals surface area contributed by atoms with E-state index in [0.717, 1.165) is 5.56 Å². The minimum atomic E-state index is -1.13. The minimum absolute atomic E-state index is 0.351. The number of esters is 1. The number of carbonyl (C=O) groups is 1. The lowest BCUT2D eigenvalue weighted by atomic mass is 9.88. The fraction of sp³-hybridized carbons (Fsp3) is 0.250. The van der Waals surface area contributed by atoms with Gasteiger partial charge in [-0.25, -0.2) is 4.79 Å². The van der Waals surface area contributed by atoms with Crippen molar-refractivity contribution in [3.63, 3.8) is 0 Å². The van der Waals surface area contributed by atoms with Crippen LogP contribution < -0.4 is 5.73 Å². The molecule has 0 aliphatic carbocycles. The standard InChI is InChI=1S/C12H15NO2/c1-3-9-12(13,11(14)15-2)10-7-5-4-6-8-10/h3-8H,1,9,13H2,2H3. The highest BCUT2D eigenvalue weighted by Crippen LogP contribution is 2.23. The molecule has 0 amide bonds. The van der Waals surface area contributed by atoms with Gasteiger partial charge in [0.2, 0.25) is 0 Å². The molecule has 1 unspecified atom stereocenters. The van der Waals surface area contributed by atoms with Crippen molar-refractivity contribution < 1.29 is 9.53 Å². The van der Waals surface area contributed by atoms with Crippen LogP contribution in [-0.2, 0) is 15.1 Å². The van der Waals surface area contributed by atoms with Crippen LogP contribution in [0.5, 0.6) is 0 Å². The van der Waals surface area contributed by atoms with E-state index in [-0.39, 0.29) is 0 Å². The van der Waals surface area contributed by atoms with Gasteiger partial charge in [-0.15, -0.1) is 6.58 Å². The number of methoxy groups -OCH3 is 1. The number of carbonyl (C=O) groups excluding carboxylic acids is 1. The smallest absolute Gasteiger partial charge is 0.330 e. The van der Waals surface area contributed by atoms with Crippen molar-refractivity contribution in [1.29, 1.82) is 0 Å². The summed E-state index contributed by atoms with van der Waals surface area (Å²) in [7, 11) is 1.33. The quantitative estimate of drug-likeness (QED) is 0.600. The third-order valence-electron chi connectivity index (χ3n) is 2.30. The number of benzene rings is 1. The third kappa shape index (κ3) is 2.25. The van der Waals surface area contributed by atoms with Crippen LogP contribution in [0.4, 0.5) is 0 Å². The Morgan fingerprint density at radius 3 is 2.60 bits per heavy atom. The zero-order valence-electron chi connectivity index (χ0n) is 8.77. The van der Waals surface area contributed by atoms with E-state index in [2.05, 4.69) is 6.58 Å². The van der Waals surface area contributed by atoms with E-state index in [0.29, 0.717) is 6.42 Å². The molecule has 1 rings (SSSR count). The van der Waals surface area contributed by atoms with Crippen molar-refractivity contribution >= 4 is 5.97 Å². The molecule has 3 heteroatoms. The molecule has 15 heavy (non-hydrogen) atoms. The normalized spacial score (nSPS) is 14.0. The molecule has 0 saturated carbocycles. The van der Waals surface area contributed by atoms with E-state index < -0.39 is 11.5 Å². The van der Waals surface area contributed by atoms with Crippen LogP contribution >= 0.6 is 0 Å². The number of hydrogen-bond acceptors (Lipinski definition) is 3. The first-order valence-electron chi connectivity index (χ1n) is 4.69. The van der Waals surface area contributed by atoms with Crippen molar-refractivity contribution in [3.8, 4) is 0 Å². The van der Waals surface area contributed by atoms with Crippen LogP contribution in [0.3, 0.4) is 0 Å². The van der Waals surface area contributed by atoms with Crippen LogP contribution in [-0.4, -0.2) is 13.1 Å². The van der Waals surface area contributed by atoms with E-state index in [1.165, 1.54) is 7.11 Å². The average Bonchev–Trinajstić information content (AvgIpc) is 2.29. The van der Waals surface area contributed by atoms with Gasteiger partial charge >= 0.3 is 5.97 Å². The Morgan fingerprint density at radius 2 is 2.13 bits per heavy atom. The Labute approximate surface area is 89.5 Å². The molecular formula is C12H15NO2. The molecule has 0 spiro atoms. The Morgan fingerprint density at radius 1 is 1.53 bits per heavy atom. The Kier molecular flexibility index (Phi) is 3.63. The molecule has 80 valence electrons. The van der Waals surface area contributed by atoms with Gasteiger partial charge in [-0.05, 0) is 12.0 Å². The highest BCUT2D eigenvalue weighted by atomic mass is 16.5. The largest absolute Gasteiger partial charge is 0.467 e. The highest BCUT2D eigenvalue weighted by Gasteiger charge is 2.35. The maximum absolute atomic E-state index is 11.6. The van der Waals surface area contributed by atoms with E-state index in [1.54, 1.807) is 18.2 Å².